The Morgan fingerprint density at radius 1 is 0.667 bits per heavy atom. The van der Waals surface area contributed by atoms with E-state index in [0.29, 0.717) is 13.1 Å². The first-order valence-electron chi connectivity index (χ1n) is 3.92. The summed E-state index contributed by atoms with van der Waals surface area (Å²) in [5.41, 5.74) is 13.0. The van der Waals surface area contributed by atoms with E-state index in [4.69, 9.17) is 51.1 Å². The summed E-state index contributed by atoms with van der Waals surface area (Å²) in [5.74, 6) is -7.30. The van der Waals surface area contributed by atoms with Gasteiger partial charge in [-0.2, -0.15) is 13.1 Å². The van der Waals surface area contributed by atoms with Crippen LogP contribution in [0.15, 0.2) is 0 Å². The molecule has 11 heteroatoms. The second-order valence-electron chi connectivity index (χ2n) is 2.07. The molecule has 0 aliphatic rings. The maximum Gasteiger partial charge on any atom is 2.00 e. The summed E-state index contributed by atoms with van der Waals surface area (Å²) in [6.45, 7) is 0.812. The van der Waals surface area contributed by atoms with E-state index in [1.165, 1.54) is 0 Å². The van der Waals surface area contributed by atoms with Gasteiger partial charge in [0.05, 0.1) is 0 Å². The van der Waals surface area contributed by atoms with Gasteiger partial charge in [-0.1, -0.05) is 6.42 Å². The van der Waals surface area contributed by atoms with Crippen LogP contribution in [0.25, 0.3) is 11.5 Å². The SMILES string of the molecule is O=C(O)C(=O)O.O=C(O)C(=O)O.[Co+2].[NH-]CCC[NH-]. The van der Waals surface area contributed by atoms with E-state index in [1.807, 2.05) is 0 Å². The zero-order valence-corrected chi connectivity index (χ0v) is 9.92. The van der Waals surface area contributed by atoms with Crippen LogP contribution >= 0.6 is 0 Å². The van der Waals surface area contributed by atoms with Crippen LogP contribution in [-0.2, 0) is 36.0 Å². The topological polar surface area (TPSA) is 197 Å². The molecule has 0 aromatic heterocycles. The standard InChI is InChI=1S/C3H8N2.2C2H2O4.Co/c4-2-1-3-5;2*3-1(4)2(5)6;/h4-5H,1-3H2;2*(H,3,4)(H,5,6);/q-2;;;+2. The first-order chi connectivity index (χ1) is 7.70. The number of aliphatic carboxylic acids is 4. The molecule has 0 unspecified atom stereocenters. The molecule has 0 atom stereocenters. The molecule has 0 heterocycles. The van der Waals surface area contributed by atoms with Gasteiger partial charge in [0.25, 0.3) is 0 Å². The summed E-state index contributed by atoms with van der Waals surface area (Å²) in [6.07, 6.45) is 0.722. The van der Waals surface area contributed by atoms with Gasteiger partial charge >= 0.3 is 40.7 Å². The van der Waals surface area contributed by atoms with Crippen molar-refractivity contribution in [2.75, 3.05) is 13.1 Å². The normalized spacial score (nSPS) is 7.22. The predicted octanol–water partition coefficient (Wildman–Crippen LogP) is -0.210. The molecule has 0 aromatic carbocycles. The fourth-order valence-electron chi connectivity index (χ4n) is 0.0884. The predicted molar refractivity (Wildman–Crippen MR) is 53.5 cm³/mol. The van der Waals surface area contributed by atoms with E-state index in [2.05, 4.69) is 0 Å². The molecule has 6 N–H and O–H groups in total. The van der Waals surface area contributed by atoms with Crippen molar-refractivity contribution in [3.8, 4) is 0 Å². The van der Waals surface area contributed by atoms with Crippen molar-refractivity contribution in [1.29, 1.82) is 0 Å². The monoisotopic (exact) mass is 311 g/mol. The minimum atomic E-state index is -1.82. The number of carboxylic acid groups (broad SMARTS) is 4. The summed E-state index contributed by atoms with van der Waals surface area (Å²) in [5, 5.41) is 29.6. The molecule has 0 saturated heterocycles. The molecule has 18 heavy (non-hydrogen) atoms. The van der Waals surface area contributed by atoms with Crippen LogP contribution in [0.2, 0.25) is 0 Å². The summed E-state index contributed by atoms with van der Waals surface area (Å²) in [4.78, 5) is 36.4. The molecule has 0 rings (SSSR count). The largest absolute Gasteiger partial charge is 2.00 e. The molecule has 10 nitrogen and oxygen atoms in total. The second kappa shape index (κ2) is 17.7. The van der Waals surface area contributed by atoms with Crippen LogP contribution in [0.5, 0.6) is 0 Å². The maximum atomic E-state index is 9.10. The number of hydrogen-bond acceptors (Lipinski definition) is 4. The van der Waals surface area contributed by atoms with E-state index < -0.39 is 23.9 Å². The molecule has 107 valence electrons. The summed E-state index contributed by atoms with van der Waals surface area (Å²) < 4.78 is 0. The molecular weight excluding hydrogens is 299 g/mol. The van der Waals surface area contributed by atoms with Crippen LogP contribution in [0.4, 0.5) is 0 Å². The second-order valence-corrected chi connectivity index (χ2v) is 2.07. The van der Waals surface area contributed by atoms with Gasteiger partial charge in [-0.25, -0.2) is 19.2 Å². The minimum Gasteiger partial charge on any atom is -0.677 e. The number of carbonyl (C=O) groups is 4. The van der Waals surface area contributed by atoms with Crippen LogP contribution in [-0.4, -0.2) is 57.4 Å². The zero-order chi connectivity index (χ0) is 14.4. The molecule has 0 saturated carbocycles. The van der Waals surface area contributed by atoms with Gasteiger partial charge in [-0.05, 0) is 0 Å². The van der Waals surface area contributed by atoms with Crippen molar-refractivity contribution in [2.24, 2.45) is 0 Å². The first kappa shape index (κ1) is 25.2. The fraction of sp³-hybridized carbons (Fsp3) is 0.429. The molecule has 0 amide bonds. The minimum absolute atomic E-state index is 0. The molecule has 0 spiro atoms. The van der Waals surface area contributed by atoms with Crippen molar-refractivity contribution in [3.63, 3.8) is 0 Å². The molecule has 0 fully saturated rings. The van der Waals surface area contributed by atoms with E-state index in [0.717, 1.165) is 6.42 Å². The quantitative estimate of drug-likeness (QED) is 0.502. The third-order valence-corrected chi connectivity index (χ3v) is 0.719. The smallest absolute Gasteiger partial charge is 0.677 e. The molecule has 0 bridgehead atoms. The van der Waals surface area contributed by atoms with Gasteiger partial charge in [-0.3, -0.25) is 0 Å². The Kier molecular flexibility index (Phi) is 24.8. The third kappa shape index (κ3) is 36.7. The molecule has 0 aromatic rings. The Morgan fingerprint density at radius 3 is 0.833 bits per heavy atom. The molecule has 1 radical (unpaired) electrons. The van der Waals surface area contributed by atoms with E-state index in [1.54, 1.807) is 0 Å². The van der Waals surface area contributed by atoms with E-state index >= 15 is 0 Å². The van der Waals surface area contributed by atoms with Crippen LogP contribution in [0.1, 0.15) is 6.42 Å². The van der Waals surface area contributed by atoms with Crippen LogP contribution in [0.3, 0.4) is 0 Å². The van der Waals surface area contributed by atoms with Crippen LogP contribution < -0.4 is 0 Å². The van der Waals surface area contributed by atoms with Crippen LogP contribution in [0, 0.1) is 0 Å². The van der Waals surface area contributed by atoms with Gasteiger partial charge in [0.15, 0.2) is 0 Å². The Labute approximate surface area is 112 Å². The Balaban J connectivity index is -0.0000000799. The summed E-state index contributed by atoms with van der Waals surface area (Å²) in [7, 11) is 0. The molecular formula is C7H12CoN2O8. The number of rotatable bonds is 2. The van der Waals surface area contributed by atoms with Gasteiger partial charge in [0.1, 0.15) is 0 Å². The number of nitrogens with one attached hydrogen (secondary N) is 2. The fourth-order valence-corrected chi connectivity index (χ4v) is 0.0884. The molecule has 0 aliphatic heterocycles. The van der Waals surface area contributed by atoms with E-state index in [-0.39, 0.29) is 16.8 Å². The van der Waals surface area contributed by atoms with Crippen molar-refractivity contribution in [2.45, 2.75) is 6.42 Å². The molecule has 0 aliphatic carbocycles. The average molecular weight is 311 g/mol. The van der Waals surface area contributed by atoms with Gasteiger partial charge < -0.3 is 31.9 Å². The Bertz CT molecular complexity index is 220. The van der Waals surface area contributed by atoms with Gasteiger partial charge in [-0.15, -0.1) is 0 Å². The number of carboxylic acids is 4. The average Bonchev–Trinajstić information content (AvgIpc) is 2.20. The van der Waals surface area contributed by atoms with Crippen molar-refractivity contribution < 1.29 is 56.4 Å². The van der Waals surface area contributed by atoms with Crippen molar-refractivity contribution in [3.05, 3.63) is 11.5 Å². The Morgan fingerprint density at radius 2 is 0.833 bits per heavy atom. The first-order valence-corrected chi connectivity index (χ1v) is 3.92. The summed E-state index contributed by atoms with van der Waals surface area (Å²) in [6, 6.07) is 0. The third-order valence-electron chi connectivity index (χ3n) is 0.719. The maximum absolute atomic E-state index is 9.10. The number of hydrogen-bond donors (Lipinski definition) is 4. The summed E-state index contributed by atoms with van der Waals surface area (Å²) >= 11 is 0. The zero-order valence-electron chi connectivity index (χ0n) is 8.88. The van der Waals surface area contributed by atoms with E-state index in [9.17, 15) is 0 Å². The van der Waals surface area contributed by atoms with Crippen molar-refractivity contribution in [1.82, 2.24) is 0 Å². The van der Waals surface area contributed by atoms with Gasteiger partial charge in [0, 0.05) is 0 Å². The van der Waals surface area contributed by atoms with Gasteiger partial charge in [0.2, 0.25) is 0 Å². The Hall–Kier alpha value is -1.69. The van der Waals surface area contributed by atoms with Crippen molar-refractivity contribution >= 4 is 23.9 Å².